The van der Waals surface area contributed by atoms with Crippen molar-refractivity contribution < 1.29 is 0 Å². The molecule has 2 unspecified atom stereocenters. The molecule has 0 amide bonds. The smallest absolute Gasteiger partial charge is 0.0486 e. The van der Waals surface area contributed by atoms with E-state index in [9.17, 15) is 0 Å². The van der Waals surface area contributed by atoms with Crippen LogP contribution in [-0.2, 0) is 0 Å². The van der Waals surface area contributed by atoms with Crippen molar-refractivity contribution in [1.82, 2.24) is 4.90 Å². The van der Waals surface area contributed by atoms with Crippen LogP contribution in [0.25, 0.3) is 0 Å². The molecule has 1 aromatic carbocycles. The molecule has 0 fully saturated rings. The zero-order valence-corrected chi connectivity index (χ0v) is 11.3. The Hall–Kier alpha value is 0.340. The number of nitrogens with zero attached hydrogens (tertiary/aromatic N) is 1. The van der Waals surface area contributed by atoms with E-state index in [-0.39, 0.29) is 0 Å². The van der Waals surface area contributed by atoms with E-state index in [0.29, 0.717) is 5.78 Å². The summed E-state index contributed by atoms with van der Waals surface area (Å²) in [6.45, 7) is 3.24. The number of rotatable bonds is 3. The van der Waals surface area contributed by atoms with E-state index in [1.807, 2.05) is 0 Å². The van der Waals surface area contributed by atoms with E-state index in [2.05, 4.69) is 75.0 Å². The first-order valence-corrected chi connectivity index (χ1v) is 6.11. The van der Waals surface area contributed by atoms with Gasteiger partial charge in [-0.15, -0.1) is 9.24 Å². The first-order chi connectivity index (χ1) is 6.15. The summed E-state index contributed by atoms with van der Waals surface area (Å²) in [5.41, 5.74) is 1.36. The fourth-order valence-corrected chi connectivity index (χ4v) is 1.90. The lowest BCUT2D eigenvalue weighted by atomic mass is 10.2. The lowest BCUT2D eigenvalue weighted by Crippen LogP contribution is -2.19. The zero-order chi connectivity index (χ0) is 9.84. The average molecular weight is 307 g/mol. The molecule has 0 aliphatic rings. The third-order valence-corrected chi connectivity index (χ3v) is 3.80. The third-order valence-electron chi connectivity index (χ3n) is 2.19. The first-order valence-electron chi connectivity index (χ1n) is 4.36. The molecule has 0 heterocycles. The number of halogens is 1. The van der Waals surface area contributed by atoms with E-state index >= 15 is 0 Å². The van der Waals surface area contributed by atoms with Crippen molar-refractivity contribution in [2.75, 3.05) is 13.6 Å². The van der Waals surface area contributed by atoms with Crippen LogP contribution in [0.1, 0.15) is 18.3 Å². The van der Waals surface area contributed by atoms with Crippen LogP contribution in [0, 0.1) is 3.57 Å². The summed E-state index contributed by atoms with van der Waals surface area (Å²) >= 11 is 2.33. The Morgan fingerprint density at radius 3 is 2.38 bits per heavy atom. The fourth-order valence-electron chi connectivity index (χ4n) is 1.11. The SMILES string of the molecule is CCN(C)C(P)c1ccc(I)cc1. The normalized spacial score (nSPS) is 13.3. The fraction of sp³-hybridized carbons (Fsp3) is 0.400. The average Bonchev–Trinajstić information content (AvgIpc) is 2.17. The molecule has 0 aliphatic carbocycles. The number of hydrogen-bond donors (Lipinski definition) is 0. The molecule has 72 valence electrons. The Kier molecular flexibility index (Phi) is 4.63. The van der Waals surface area contributed by atoms with Crippen molar-refractivity contribution in [2.45, 2.75) is 12.7 Å². The second-order valence-corrected chi connectivity index (χ2v) is 4.95. The third kappa shape index (κ3) is 3.19. The molecule has 0 N–H and O–H groups in total. The van der Waals surface area contributed by atoms with Crippen molar-refractivity contribution in [3.8, 4) is 0 Å². The van der Waals surface area contributed by atoms with E-state index in [4.69, 9.17) is 0 Å². The molecule has 3 heteroatoms. The molecule has 0 saturated carbocycles. The highest BCUT2D eigenvalue weighted by molar-refractivity contribution is 14.1. The monoisotopic (exact) mass is 307 g/mol. The number of hydrogen-bond acceptors (Lipinski definition) is 1. The molecule has 0 saturated heterocycles. The van der Waals surface area contributed by atoms with E-state index < -0.39 is 0 Å². The van der Waals surface area contributed by atoms with Gasteiger partial charge in [-0.05, 0) is 53.9 Å². The highest BCUT2D eigenvalue weighted by Crippen LogP contribution is 2.25. The van der Waals surface area contributed by atoms with Crippen LogP contribution in [0.2, 0.25) is 0 Å². The summed E-state index contributed by atoms with van der Waals surface area (Å²) in [5.74, 6) is 0.432. The van der Waals surface area contributed by atoms with Gasteiger partial charge < -0.3 is 0 Å². The van der Waals surface area contributed by atoms with Gasteiger partial charge in [0.1, 0.15) is 0 Å². The standard InChI is InChI=1S/C10H15INP/c1-3-12(2)10(13)8-4-6-9(11)7-5-8/h4-7,10H,3,13H2,1-2H3. The van der Waals surface area contributed by atoms with Gasteiger partial charge in [0.05, 0.1) is 0 Å². The Balaban J connectivity index is 2.77. The first kappa shape index (κ1) is 11.4. The van der Waals surface area contributed by atoms with Gasteiger partial charge in [0.2, 0.25) is 0 Å². The van der Waals surface area contributed by atoms with Gasteiger partial charge in [0.15, 0.2) is 0 Å². The van der Waals surface area contributed by atoms with Gasteiger partial charge in [-0.1, -0.05) is 19.1 Å². The van der Waals surface area contributed by atoms with Crippen LogP contribution in [0.5, 0.6) is 0 Å². The quantitative estimate of drug-likeness (QED) is 0.613. The highest BCUT2D eigenvalue weighted by Gasteiger charge is 2.08. The minimum Gasteiger partial charge on any atom is -0.296 e. The molecule has 0 radical (unpaired) electrons. The van der Waals surface area contributed by atoms with Crippen LogP contribution >= 0.6 is 31.8 Å². The van der Waals surface area contributed by atoms with Gasteiger partial charge in [-0.3, -0.25) is 4.90 Å². The van der Waals surface area contributed by atoms with E-state index in [0.717, 1.165) is 6.54 Å². The predicted molar refractivity (Wildman–Crippen MR) is 69.9 cm³/mol. The van der Waals surface area contributed by atoms with Gasteiger partial charge in [0, 0.05) is 9.35 Å². The molecule has 1 nitrogen and oxygen atoms in total. The zero-order valence-electron chi connectivity index (χ0n) is 8.00. The van der Waals surface area contributed by atoms with Gasteiger partial charge in [0.25, 0.3) is 0 Å². The molecule has 13 heavy (non-hydrogen) atoms. The Bertz CT molecular complexity index is 260. The maximum absolute atomic E-state index is 2.87. The second kappa shape index (κ2) is 5.28. The topological polar surface area (TPSA) is 3.24 Å². The Morgan fingerprint density at radius 2 is 1.92 bits per heavy atom. The highest BCUT2D eigenvalue weighted by atomic mass is 127. The second-order valence-electron chi connectivity index (χ2n) is 3.07. The van der Waals surface area contributed by atoms with Crippen LogP contribution in [0.4, 0.5) is 0 Å². The maximum atomic E-state index is 2.87. The largest absolute Gasteiger partial charge is 0.296 e. The minimum atomic E-state index is 0.432. The Labute approximate surface area is 96.2 Å². The maximum Gasteiger partial charge on any atom is 0.0486 e. The summed E-state index contributed by atoms with van der Waals surface area (Å²) in [6.07, 6.45) is 0. The molecule has 0 aliphatic heterocycles. The van der Waals surface area contributed by atoms with E-state index in [1.165, 1.54) is 9.13 Å². The summed E-state index contributed by atoms with van der Waals surface area (Å²) in [5, 5.41) is 0. The van der Waals surface area contributed by atoms with Crippen LogP contribution in [0.15, 0.2) is 24.3 Å². The van der Waals surface area contributed by atoms with Crippen LogP contribution < -0.4 is 0 Å². The van der Waals surface area contributed by atoms with Gasteiger partial charge in [-0.2, -0.15) is 0 Å². The summed E-state index contributed by atoms with van der Waals surface area (Å²) in [4.78, 5) is 2.30. The van der Waals surface area contributed by atoms with Crippen molar-refractivity contribution >= 4 is 31.8 Å². The molecule has 0 bridgehead atoms. The molecule has 2 atom stereocenters. The molecule has 1 rings (SSSR count). The van der Waals surface area contributed by atoms with Gasteiger partial charge in [-0.25, -0.2) is 0 Å². The summed E-state index contributed by atoms with van der Waals surface area (Å²) in [7, 11) is 5.01. The van der Waals surface area contributed by atoms with Crippen molar-refractivity contribution in [1.29, 1.82) is 0 Å². The lowest BCUT2D eigenvalue weighted by molar-refractivity contribution is 0.335. The summed E-state index contributed by atoms with van der Waals surface area (Å²) in [6, 6.07) is 8.67. The molecule has 0 aromatic heterocycles. The molecule has 1 aromatic rings. The van der Waals surface area contributed by atoms with Gasteiger partial charge >= 0.3 is 0 Å². The molecular formula is C10H15INP. The molecular weight excluding hydrogens is 292 g/mol. The lowest BCUT2D eigenvalue weighted by Gasteiger charge is -2.23. The van der Waals surface area contributed by atoms with Crippen molar-refractivity contribution in [3.05, 3.63) is 33.4 Å². The van der Waals surface area contributed by atoms with Crippen molar-refractivity contribution in [2.24, 2.45) is 0 Å². The van der Waals surface area contributed by atoms with Crippen LogP contribution in [-0.4, -0.2) is 18.5 Å². The van der Waals surface area contributed by atoms with Crippen LogP contribution in [0.3, 0.4) is 0 Å². The Morgan fingerprint density at radius 1 is 1.38 bits per heavy atom. The van der Waals surface area contributed by atoms with E-state index in [1.54, 1.807) is 0 Å². The van der Waals surface area contributed by atoms with Crippen molar-refractivity contribution in [3.63, 3.8) is 0 Å². The molecule has 0 spiro atoms. The minimum absolute atomic E-state index is 0.432. The number of benzene rings is 1. The predicted octanol–water partition coefficient (Wildman–Crippen LogP) is 3.12. The summed E-state index contributed by atoms with van der Waals surface area (Å²) < 4.78 is 1.29.